The molecule has 2 aromatic rings. The number of nitrogens with zero attached hydrogens (tertiary/aromatic N) is 1. The fraction of sp³-hybridized carbons (Fsp3) is 0.654. The van der Waals surface area contributed by atoms with E-state index in [-0.39, 0.29) is 16.4 Å². The first kappa shape index (κ1) is 29.2. The molecule has 0 bridgehead atoms. The zero-order chi connectivity index (χ0) is 26.3. The molecular weight excluding hydrogens is 479 g/mol. The lowest BCUT2D eigenvalue weighted by Crippen LogP contribution is -2.18. The molecule has 1 aromatic carbocycles. The van der Waals surface area contributed by atoms with E-state index in [1.54, 1.807) is 20.8 Å². The summed E-state index contributed by atoms with van der Waals surface area (Å²) in [5, 5.41) is 0. The van der Waals surface area contributed by atoms with Gasteiger partial charge in [-0.05, 0) is 24.6 Å². The van der Waals surface area contributed by atoms with Crippen LogP contribution < -0.4 is 5.56 Å². The van der Waals surface area contributed by atoms with E-state index >= 15 is 0 Å². The largest absolute Gasteiger partial charge is 0.416 e. The van der Waals surface area contributed by atoms with E-state index < -0.39 is 38.2 Å². The van der Waals surface area contributed by atoms with Crippen LogP contribution in [0.15, 0.2) is 38.5 Å². The summed E-state index contributed by atoms with van der Waals surface area (Å²) in [5.41, 5.74) is -2.76. The van der Waals surface area contributed by atoms with Crippen LogP contribution >= 0.6 is 0 Å². The van der Waals surface area contributed by atoms with Gasteiger partial charge in [0.2, 0.25) is 0 Å². The van der Waals surface area contributed by atoms with Crippen LogP contribution in [0.25, 0.3) is 5.69 Å². The summed E-state index contributed by atoms with van der Waals surface area (Å²) in [4.78, 5) is 12.2. The Kier molecular flexibility index (Phi) is 10.2. The Balaban J connectivity index is 2.17. The van der Waals surface area contributed by atoms with Gasteiger partial charge in [-0.3, -0.25) is 4.79 Å². The summed E-state index contributed by atoms with van der Waals surface area (Å²) < 4.78 is 72.5. The van der Waals surface area contributed by atoms with Gasteiger partial charge < -0.3 is 4.52 Å². The normalized spacial score (nSPS) is 12.9. The molecule has 0 fully saturated rings. The number of alkyl halides is 3. The second kappa shape index (κ2) is 12.3. The number of hydrogen-bond donors (Lipinski definition) is 0. The first-order valence-electron chi connectivity index (χ1n) is 12.5. The summed E-state index contributed by atoms with van der Waals surface area (Å²) >= 11 is 0. The van der Waals surface area contributed by atoms with Gasteiger partial charge in [-0.15, -0.1) is 4.74 Å². The average Bonchev–Trinajstić information content (AvgIpc) is 3.16. The molecule has 0 spiro atoms. The minimum absolute atomic E-state index is 0.205. The molecule has 0 atom stereocenters. The molecule has 0 radical (unpaired) electrons. The maximum absolute atomic E-state index is 13.4. The standard InChI is InChI=1S/C26H38F3NO4S/c1-5-6-7-8-9-10-11-12-13-14-17-35(32,33)22-16-15-20(26(27,28)29)18-21(22)30-24(31)19-23(34-30)25(2,3)4/h15-16,18-19H,5-14,17H2,1-4H3. The lowest BCUT2D eigenvalue weighted by atomic mass is 9.94. The Bertz CT molecular complexity index is 1110. The molecule has 0 amide bonds. The molecule has 1 aromatic heterocycles. The summed E-state index contributed by atoms with van der Waals surface area (Å²) in [6.45, 7) is 7.53. The second-order valence-corrected chi connectivity index (χ2v) is 12.2. The number of sulfone groups is 1. The highest BCUT2D eigenvalue weighted by Gasteiger charge is 2.33. The smallest absolute Gasteiger partial charge is 0.375 e. The highest BCUT2D eigenvalue weighted by Crippen LogP contribution is 2.34. The van der Waals surface area contributed by atoms with Crippen LogP contribution in [0.4, 0.5) is 13.2 Å². The lowest BCUT2D eigenvalue weighted by molar-refractivity contribution is -0.137. The van der Waals surface area contributed by atoms with Crippen LogP contribution in [-0.4, -0.2) is 18.9 Å². The number of aromatic nitrogens is 1. The predicted molar refractivity (Wildman–Crippen MR) is 132 cm³/mol. The van der Waals surface area contributed by atoms with Crippen LogP contribution in [0.1, 0.15) is 103 Å². The number of halogens is 3. The number of rotatable bonds is 13. The molecular formula is C26H38F3NO4S. The molecule has 9 heteroatoms. The van der Waals surface area contributed by atoms with Crippen molar-refractivity contribution in [3.8, 4) is 5.69 Å². The number of hydrogen-bond acceptors (Lipinski definition) is 4. The Morgan fingerprint density at radius 1 is 0.857 bits per heavy atom. The lowest BCUT2D eigenvalue weighted by Gasteiger charge is -2.15. The van der Waals surface area contributed by atoms with E-state index in [0.717, 1.165) is 37.8 Å². The van der Waals surface area contributed by atoms with Crippen molar-refractivity contribution in [2.24, 2.45) is 0 Å². The zero-order valence-corrected chi connectivity index (χ0v) is 22.0. The van der Waals surface area contributed by atoms with Crippen LogP contribution in [-0.2, 0) is 21.4 Å². The third-order valence-corrected chi connectivity index (χ3v) is 7.83. The molecule has 0 saturated carbocycles. The molecule has 0 aliphatic rings. The first-order valence-corrected chi connectivity index (χ1v) is 14.1. The van der Waals surface area contributed by atoms with Gasteiger partial charge >= 0.3 is 6.18 Å². The van der Waals surface area contributed by atoms with E-state index in [0.29, 0.717) is 17.2 Å². The Hall–Kier alpha value is -2.03. The third-order valence-electron chi connectivity index (χ3n) is 5.99. The molecule has 2 rings (SSSR count). The van der Waals surface area contributed by atoms with Gasteiger partial charge in [0.1, 0.15) is 11.4 Å². The van der Waals surface area contributed by atoms with Crippen LogP contribution in [0.5, 0.6) is 0 Å². The molecule has 0 aliphatic carbocycles. The molecule has 0 N–H and O–H groups in total. The maximum atomic E-state index is 13.4. The SMILES string of the molecule is CCCCCCCCCCCCS(=O)(=O)c1ccc(C(F)(F)F)cc1-n1oc(C(C)(C)C)cc1=O. The van der Waals surface area contributed by atoms with E-state index in [2.05, 4.69) is 6.92 Å². The van der Waals surface area contributed by atoms with Gasteiger partial charge in [-0.2, -0.15) is 13.2 Å². The van der Waals surface area contributed by atoms with E-state index in [4.69, 9.17) is 4.52 Å². The molecule has 35 heavy (non-hydrogen) atoms. The second-order valence-electron chi connectivity index (χ2n) is 10.2. The molecule has 198 valence electrons. The van der Waals surface area contributed by atoms with Gasteiger partial charge in [-0.25, -0.2) is 8.42 Å². The highest BCUT2D eigenvalue weighted by molar-refractivity contribution is 7.91. The summed E-state index contributed by atoms with van der Waals surface area (Å²) in [6, 6.07) is 3.50. The van der Waals surface area contributed by atoms with Crippen molar-refractivity contribution < 1.29 is 26.1 Å². The fourth-order valence-corrected chi connectivity index (χ4v) is 5.41. The topological polar surface area (TPSA) is 69.3 Å². The van der Waals surface area contributed by atoms with Gasteiger partial charge in [-0.1, -0.05) is 85.5 Å². The highest BCUT2D eigenvalue weighted by atomic mass is 32.2. The Morgan fingerprint density at radius 3 is 1.89 bits per heavy atom. The number of unbranched alkanes of at least 4 members (excludes halogenated alkanes) is 9. The van der Waals surface area contributed by atoms with Crippen molar-refractivity contribution in [1.29, 1.82) is 0 Å². The maximum Gasteiger partial charge on any atom is 0.416 e. The van der Waals surface area contributed by atoms with Gasteiger partial charge in [0.15, 0.2) is 9.84 Å². The van der Waals surface area contributed by atoms with Crippen LogP contribution in [0.3, 0.4) is 0 Å². The predicted octanol–water partition coefficient (Wildman–Crippen LogP) is 7.44. The van der Waals surface area contributed by atoms with Gasteiger partial charge in [0.05, 0.1) is 16.2 Å². The van der Waals surface area contributed by atoms with Crippen molar-refractivity contribution in [1.82, 2.24) is 4.74 Å². The summed E-state index contributed by atoms with van der Waals surface area (Å²) in [6.07, 6.45) is 5.62. The quantitative estimate of drug-likeness (QED) is 0.259. The average molecular weight is 518 g/mol. The first-order chi connectivity index (χ1) is 16.3. The van der Waals surface area contributed by atoms with Crippen molar-refractivity contribution in [2.45, 2.75) is 108 Å². The molecule has 0 unspecified atom stereocenters. The third kappa shape index (κ3) is 8.54. The van der Waals surface area contributed by atoms with E-state index in [1.807, 2.05) is 0 Å². The van der Waals surface area contributed by atoms with Crippen molar-refractivity contribution in [3.63, 3.8) is 0 Å². The summed E-state index contributed by atoms with van der Waals surface area (Å²) in [7, 11) is -3.94. The van der Waals surface area contributed by atoms with E-state index in [1.165, 1.54) is 38.2 Å². The van der Waals surface area contributed by atoms with Gasteiger partial charge in [0.25, 0.3) is 5.56 Å². The van der Waals surface area contributed by atoms with Gasteiger partial charge in [0, 0.05) is 11.5 Å². The molecule has 0 saturated heterocycles. The van der Waals surface area contributed by atoms with E-state index in [9.17, 15) is 26.4 Å². The Morgan fingerprint density at radius 2 is 1.40 bits per heavy atom. The monoisotopic (exact) mass is 517 g/mol. The van der Waals surface area contributed by atoms with Crippen LogP contribution in [0.2, 0.25) is 0 Å². The zero-order valence-electron chi connectivity index (χ0n) is 21.2. The fourth-order valence-electron chi connectivity index (χ4n) is 3.87. The van der Waals surface area contributed by atoms with Crippen molar-refractivity contribution in [2.75, 3.05) is 5.75 Å². The minimum atomic E-state index is -4.70. The minimum Gasteiger partial charge on any atom is -0.375 e. The molecule has 0 aliphatic heterocycles. The number of benzene rings is 1. The van der Waals surface area contributed by atoms with Crippen LogP contribution in [0, 0.1) is 0 Å². The Labute approximate surface area is 206 Å². The molecule has 5 nitrogen and oxygen atoms in total. The van der Waals surface area contributed by atoms with Crippen molar-refractivity contribution in [3.05, 3.63) is 45.9 Å². The summed E-state index contributed by atoms with van der Waals surface area (Å²) in [5.74, 6) is 0.0432. The van der Waals surface area contributed by atoms with Crippen molar-refractivity contribution >= 4 is 9.84 Å². The molecule has 1 heterocycles.